The van der Waals surface area contributed by atoms with Crippen molar-refractivity contribution in [2.45, 2.75) is 51.1 Å². The van der Waals surface area contributed by atoms with Crippen molar-refractivity contribution >= 4 is 6.09 Å². The Hall–Kier alpha value is -2.63. The predicted octanol–water partition coefficient (Wildman–Crippen LogP) is 5.02. The standard InChI is InChI=1S/C27H39N3O2/c1-7-24(20-28)30(6)26(31)32-25(8-2)27(19-21(3)29(4)5,22-15-11-9-12-16-22)23-17-13-10-14-18-23/h8-18,21,24H,7,19-20,28H2,1-6H3/b25-8-. The Morgan fingerprint density at radius 3 is 1.91 bits per heavy atom. The zero-order valence-electron chi connectivity index (χ0n) is 20.4. The van der Waals surface area contributed by atoms with Crippen LogP contribution in [0.1, 0.15) is 44.7 Å². The lowest BCUT2D eigenvalue weighted by Crippen LogP contribution is -2.44. The molecule has 2 aromatic rings. The molecule has 2 atom stereocenters. The fraction of sp³-hybridized carbons (Fsp3) is 0.444. The molecular formula is C27H39N3O2. The third-order valence-corrected chi connectivity index (χ3v) is 6.48. The predicted molar refractivity (Wildman–Crippen MR) is 133 cm³/mol. The van der Waals surface area contributed by atoms with Crippen molar-refractivity contribution in [2.75, 3.05) is 27.7 Å². The second kappa shape index (κ2) is 11.8. The van der Waals surface area contributed by atoms with Crippen LogP contribution in [0.15, 0.2) is 72.5 Å². The molecule has 1 amide bonds. The van der Waals surface area contributed by atoms with E-state index in [0.717, 1.165) is 24.0 Å². The van der Waals surface area contributed by atoms with Crippen molar-refractivity contribution in [3.05, 3.63) is 83.6 Å². The van der Waals surface area contributed by atoms with Gasteiger partial charge in [-0.1, -0.05) is 67.6 Å². The normalized spacial score (nSPS) is 14.2. The number of allylic oxidation sites excluding steroid dienone is 2. The molecule has 0 heterocycles. The molecule has 0 aliphatic heterocycles. The van der Waals surface area contributed by atoms with E-state index in [1.165, 1.54) is 0 Å². The van der Waals surface area contributed by atoms with Gasteiger partial charge in [-0.3, -0.25) is 0 Å². The maximum absolute atomic E-state index is 13.2. The van der Waals surface area contributed by atoms with Gasteiger partial charge in [-0.2, -0.15) is 0 Å². The van der Waals surface area contributed by atoms with Gasteiger partial charge in [0.25, 0.3) is 0 Å². The fourth-order valence-electron chi connectivity index (χ4n) is 4.16. The van der Waals surface area contributed by atoms with Crippen LogP contribution in [0, 0.1) is 0 Å². The van der Waals surface area contributed by atoms with Crippen molar-refractivity contribution in [2.24, 2.45) is 5.73 Å². The number of carbonyl (C=O) groups excluding carboxylic acids is 1. The Morgan fingerprint density at radius 1 is 1.03 bits per heavy atom. The first kappa shape index (κ1) is 25.6. The number of likely N-dealkylation sites (N-methyl/N-ethyl adjacent to an activating group) is 1. The molecule has 5 heteroatoms. The Bertz CT molecular complexity index is 821. The first-order valence-corrected chi connectivity index (χ1v) is 11.4. The largest absolute Gasteiger partial charge is 0.414 e. The lowest BCUT2D eigenvalue weighted by molar-refractivity contribution is 0.108. The highest BCUT2D eigenvalue weighted by atomic mass is 16.6. The SMILES string of the molecule is C/C=C(\OC(=O)N(C)C(CC)CN)C(CC(C)N(C)C)(c1ccccc1)c1ccccc1. The van der Waals surface area contributed by atoms with Crippen molar-refractivity contribution < 1.29 is 9.53 Å². The molecule has 0 saturated heterocycles. The lowest BCUT2D eigenvalue weighted by Gasteiger charge is -2.40. The molecule has 174 valence electrons. The van der Waals surface area contributed by atoms with Gasteiger partial charge in [0.15, 0.2) is 0 Å². The van der Waals surface area contributed by atoms with Crippen LogP contribution < -0.4 is 5.73 Å². The summed E-state index contributed by atoms with van der Waals surface area (Å²) in [7, 11) is 5.91. The minimum atomic E-state index is -0.623. The Kier molecular flexibility index (Phi) is 9.48. The molecule has 0 radical (unpaired) electrons. The van der Waals surface area contributed by atoms with Gasteiger partial charge >= 0.3 is 6.09 Å². The van der Waals surface area contributed by atoms with E-state index < -0.39 is 5.41 Å². The Morgan fingerprint density at radius 2 is 1.53 bits per heavy atom. The maximum atomic E-state index is 13.2. The molecule has 2 aromatic carbocycles. The van der Waals surface area contributed by atoms with E-state index in [-0.39, 0.29) is 18.2 Å². The van der Waals surface area contributed by atoms with E-state index in [1.54, 1.807) is 11.9 Å². The second-order valence-electron chi connectivity index (χ2n) is 8.58. The first-order chi connectivity index (χ1) is 15.3. The second-order valence-corrected chi connectivity index (χ2v) is 8.58. The Labute approximate surface area is 193 Å². The summed E-state index contributed by atoms with van der Waals surface area (Å²) in [6, 6.07) is 20.8. The first-order valence-electron chi connectivity index (χ1n) is 11.4. The number of rotatable bonds is 10. The van der Waals surface area contributed by atoms with Crippen LogP contribution in [0.3, 0.4) is 0 Å². The lowest BCUT2D eigenvalue weighted by atomic mass is 9.68. The number of amides is 1. The van der Waals surface area contributed by atoms with Crippen LogP contribution in [-0.2, 0) is 10.2 Å². The van der Waals surface area contributed by atoms with Gasteiger partial charge in [0.1, 0.15) is 5.76 Å². The smallest absolute Gasteiger partial charge is 0.414 e. The number of hydrogen-bond donors (Lipinski definition) is 1. The highest BCUT2D eigenvalue weighted by Crippen LogP contribution is 2.44. The third kappa shape index (κ3) is 5.59. The number of ether oxygens (including phenoxy) is 1. The third-order valence-electron chi connectivity index (χ3n) is 6.48. The number of hydrogen-bond acceptors (Lipinski definition) is 4. The topological polar surface area (TPSA) is 58.8 Å². The van der Waals surface area contributed by atoms with Gasteiger partial charge in [0.05, 0.1) is 5.41 Å². The molecule has 2 N–H and O–H groups in total. The molecule has 0 spiro atoms. The van der Waals surface area contributed by atoms with E-state index >= 15 is 0 Å². The average molecular weight is 438 g/mol. The van der Waals surface area contributed by atoms with Gasteiger partial charge in [0, 0.05) is 25.7 Å². The summed E-state index contributed by atoms with van der Waals surface area (Å²) < 4.78 is 6.18. The highest BCUT2D eigenvalue weighted by molar-refractivity contribution is 5.70. The summed E-state index contributed by atoms with van der Waals surface area (Å²) >= 11 is 0. The minimum Gasteiger partial charge on any atom is -0.414 e. The molecule has 0 fully saturated rings. The fourth-order valence-corrected chi connectivity index (χ4v) is 4.16. The van der Waals surface area contributed by atoms with Crippen molar-refractivity contribution in [3.8, 4) is 0 Å². The summed E-state index contributed by atoms with van der Waals surface area (Å²) in [6.45, 7) is 6.55. The summed E-state index contributed by atoms with van der Waals surface area (Å²) in [5.74, 6) is 0.632. The van der Waals surface area contributed by atoms with E-state index in [2.05, 4.69) is 50.2 Å². The number of carbonyl (C=O) groups is 1. The van der Waals surface area contributed by atoms with Crippen LogP contribution >= 0.6 is 0 Å². The van der Waals surface area contributed by atoms with Gasteiger partial charge in [-0.15, -0.1) is 0 Å². The van der Waals surface area contributed by atoms with Crippen molar-refractivity contribution in [1.82, 2.24) is 9.80 Å². The monoisotopic (exact) mass is 437 g/mol. The minimum absolute atomic E-state index is 0.0656. The van der Waals surface area contributed by atoms with Crippen molar-refractivity contribution in [3.63, 3.8) is 0 Å². The summed E-state index contributed by atoms with van der Waals surface area (Å²) in [4.78, 5) is 17.0. The van der Waals surface area contributed by atoms with E-state index in [4.69, 9.17) is 10.5 Å². The van der Waals surface area contributed by atoms with Gasteiger partial charge in [0.2, 0.25) is 0 Å². The molecule has 0 bridgehead atoms. The molecule has 0 aliphatic carbocycles. The van der Waals surface area contributed by atoms with E-state index in [0.29, 0.717) is 12.3 Å². The highest BCUT2D eigenvalue weighted by Gasteiger charge is 2.42. The van der Waals surface area contributed by atoms with E-state index in [9.17, 15) is 4.79 Å². The van der Waals surface area contributed by atoms with Crippen LogP contribution in [0.5, 0.6) is 0 Å². The molecule has 0 saturated carbocycles. The molecule has 5 nitrogen and oxygen atoms in total. The van der Waals surface area contributed by atoms with Gasteiger partial charge < -0.3 is 20.3 Å². The number of benzene rings is 2. The molecule has 2 rings (SSSR count). The van der Waals surface area contributed by atoms with Crippen LogP contribution in [-0.4, -0.2) is 55.7 Å². The summed E-state index contributed by atoms with van der Waals surface area (Å²) in [5.41, 5.74) is 7.44. The van der Waals surface area contributed by atoms with Gasteiger partial charge in [-0.05, 0) is 58.0 Å². The molecule has 32 heavy (non-hydrogen) atoms. The van der Waals surface area contributed by atoms with Gasteiger partial charge in [-0.25, -0.2) is 4.79 Å². The molecule has 2 unspecified atom stereocenters. The van der Waals surface area contributed by atoms with Crippen LogP contribution in [0.2, 0.25) is 0 Å². The van der Waals surface area contributed by atoms with E-state index in [1.807, 2.05) is 56.3 Å². The molecular weight excluding hydrogens is 398 g/mol. The zero-order chi connectivity index (χ0) is 23.7. The quantitative estimate of drug-likeness (QED) is 0.530. The van der Waals surface area contributed by atoms with Crippen LogP contribution in [0.25, 0.3) is 0 Å². The molecule has 0 aliphatic rings. The average Bonchev–Trinajstić information content (AvgIpc) is 2.82. The summed E-state index contributed by atoms with van der Waals surface area (Å²) in [5, 5.41) is 0. The molecule has 0 aromatic heterocycles. The van der Waals surface area contributed by atoms with Crippen molar-refractivity contribution in [1.29, 1.82) is 0 Å². The number of nitrogens with zero attached hydrogens (tertiary/aromatic N) is 2. The number of nitrogens with two attached hydrogens (primary N) is 1. The van der Waals surface area contributed by atoms with Crippen LogP contribution in [0.4, 0.5) is 4.79 Å². The Balaban J connectivity index is 2.66. The maximum Gasteiger partial charge on any atom is 0.414 e. The zero-order valence-corrected chi connectivity index (χ0v) is 20.4. The summed E-state index contributed by atoms with van der Waals surface area (Å²) in [6.07, 6.45) is 3.06.